The number of hydrogen-bond acceptors (Lipinski definition) is 4. The number of nitrogens with one attached hydrogen (secondary N) is 1. The molecular weight excluding hydrogens is 226 g/mol. The predicted molar refractivity (Wildman–Crippen MR) is 67.8 cm³/mol. The standard InChI is InChI=1S/C14H9N3O/c15-7-12-10-3-1-8(16)5-13(10)18-14-6-9(17)2-4-11(12)14/h1-6,16H,17H2. The summed E-state index contributed by atoms with van der Waals surface area (Å²) in [5.41, 5.74) is 8.11. The lowest BCUT2D eigenvalue weighted by Gasteiger charge is -2.10. The zero-order valence-electron chi connectivity index (χ0n) is 9.40. The van der Waals surface area contributed by atoms with Gasteiger partial charge in [0, 0.05) is 28.8 Å². The van der Waals surface area contributed by atoms with Crippen molar-refractivity contribution in [2.45, 2.75) is 0 Å². The van der Waals surface area contributed by atoms with Crippen molar-refractivity contribution in [3.05, 3.63) is 47.3 Å². The van der Waals surface area contributed by atoms with Gasteiger partial charge >= 0.3 is 0 Å². The fraction of sp³-hybridized carbons (Fsp3) is 0. The van der Waals surface area contributed by atoms with Gasteiger partial charge in [0.1, 0.15) is 17.4 Å². The molecule has 3 rings (SSSR count). The fourth-order valence-corrected chi connectivity index (χ4v) is 2.03. The number of nitriles is 1. The zero-order chi connectivity index (χ0) is 12.7. The van der Waals surface area contributed by atoms with Crippen LogP contribution in [-0.4, -0.2) is 0 Å². The van der Waals surface area contributed by atoms with E-state index in [0.717, 1.165) is 5.39 Å². The van der Waals surface area contributed by atoms with Crippen molar-refractivity contribution in [3.8, 4) is 17.4 Å². The Bertz CT molecular complexity index is 827. The van der Waals surface area contributed by atoms with E-state index < -0.39 is 0 Å². The number of rotatable bonds is 0. The van der Waals surface area contributed by atoms with Crippen molar-refractivity contribution in [3.63, 3.8) is 0 Å². The topological polar surface area (TPSA) is 86.8 Å². The number of fused-ring (bicyclic) bond motifs is 2. The van der Waals surface area contributed by atoms with Crippen LogP contribution in [0.2, 0.25) is 0 Å². The molecule has 2 aliphatic rings. The lowest BCUT2D eigenvalue weighted by atomic mass is 10.0. The fourth-order valence-electron chi connectivity index (χ4n) is 2.03. The lowest BCUT2D eigenvalue weighted by molar-refractivity contribution is 0.618. The van der Waals surface area contributed by atoms with Crippen molar-refractivity contribution < 1.29 is 4.42 Å². The van der Waals surface area contributed by atoms with Crippen LogP contribution in [0.1, 0.15) is 5.56 Å². The molecule has 1 heterocycles. The molecule has 3 N–H and O–H groups in total. The van der Waals surface area contributed by atoms with Crippen molar-refractivity contribution in [1.82, 2.24) is 0 Å². The largest absolute Gasteiger partial charge is 0.456 e. The molecule has 1 aliphatic carbocycles. The van der Waals surface area contributed by atoms with E-state index in [1.54, 1.807) is 36.4 Å². The Labute approximate surface area is 103 Å². The summed E-state index contributed by atoms with van der Waals surface area (Å²) in [5, 5.41) is 18.0. The summed E-state index contributed by atoms with van der Waals surface area (Å²) in [4.78, 5) is 0. The van der Waals surface area contributed by atoms with Crippen LogP contribution in [0.4, 0.5) is 5.69 Å². The van der Waals surface area contributed by atoms with Crippen LogP contribution in [0.3, 0.4) is 0 Å². The van der Waals surface area contributed by atoms with Crippen LogP contribution < -0.4 is 11.1 Å². The smallest absolute Gasteiger partial charge is 0.138 e. The van der Waals surface area contributed by atoms with Crippen molar-refractivity contribution in [2.24, 2.45) is 0 Å². The van der Waals surface area contributed by atoms with Gasteiger partial charge in [-0.25, -0.2) is 0 Å². The minimum absolute atomic E-state index is 0.346. The van der Waals surface area contributed by atoms with Crippen LogP contribution >= 0.6 is 0 Å². The SMILES string of the molecule is N#Cc1c2ccc(=N)cc-2oc2cc(N)ccc12. The number of nitrogens with zero attached hydrogens (tertiary/aromatic N) is 1. The average Bonchev–Trinajstić information content (AvgIpc) is 2.35. The molecular formula is C14H9N3O. The third kappa shape index (κ3) is 1.42. The molecule has 0 amide bonds. The van der Waals surface area contributed by atoms with E-state index in [-0.39, 0.29) is 0 Å². The van der Waals surface area contributed by atoms with Gasteiger partial charge in [-0.2, -0.15) is 5.26 Å². The van der Waals surface area contributed by atoms with Gasteiger partial charge in [-0.15, -0.1) is 0 Å². The van der Waals surface area contributed by atoms with Gasteiger partial charge in [0.15, 0.2) is 0 Å². The van der Waals surface area contributed by atoms with Crippen LogP contribution in [0.15, 0.2) is 40.8 Å². The summed E-state index contributed by atoms with van der Waals surface area (Å²) in [7, 11) is 0. The van der Waals surface area contributed by atoms with Gasteiger partial charge in [-0.05, 0) is 24.3 Å². The molecule has 0 atom stereocenters. The van der Waals surface area contributed by atoms with E-state index in [0.29, 0.717) is 33.5 Å². The van der Waals surface area contributed by atoms with E-state index in [1.165, 1.54) is 0 Å². The van der Waals surface area contributed by atoms with E-state index >= 15 is 0 Å². The van der Waals surface area contributed by atoms with Gasteiger partial charge in [0.2, 0.25) is 0 Å². The highest BCUT2D eigenvalue weighted by Gasteiger charge is 2.14. The minimum atomic E-state index is 0.346. The average molecular weight is 235 g/mol. The van der Waals surface area contributed by atoms with Crippen LogP contribution in [-0.2, 0) is 0 Å². The second kappa shape index (κ2) is 3.60. The van der Waals surface area contributed by atoms with Crippen LogP contribution in [0.5, 0.6) is 0 Å². The van der Waals surface area contributed by atoms with Gasteiger partial charge in [-0.3, -0.25) is 0 Å². The second-order valence-electron chi connectivity index (χ2n) is 4.06. The number of anilines is 1. The van der Waals surface area contributed by atoms with E-state index in [1.807, 2.05) is 0 Å². The maximum atomic E-state index is 9.30. The van der Waals surface area contributed by atoms with Gasteiger partial charge < -0.3 is 15.6 Å². The van der Waals surface area contributed by atoms with E-state index in [9.17, 15) is 5.26 Å². The number of nitrogen functional groups attached to an aromatic ring is 1. The highest BCUT2D eigenvalue weighted by Crippen LogP contribution is 2.32. The Hall–Kier alpha value is -2.80. The van der Waals surface area contributed by atoms with Crippen LogP contribution in [0, 0.1) is 16.7 Å². The van der Waals surface area contributed by atoms with Gasteiger partial charge in [-0.1, -0.05) is 0 Å². The molecule has 0 saturated carbocycles. The lowest BCUT2D eigenvalue weighted by Crippen LogP contribution is -2.00. The maximum Gasteiger partial charge on any atom is 0.138 e. The van der Waals surface area contributed by atoms with Crippen molar-refractivity contribution >= 4 is 16.7 Å². The summed E-state index contributed by atoms with van der Waals surface area (Å²) in [5.74, 6) is 0.525. The molecule has 0 fully saturated rings. The monoisotopic (exact) mass is 235 g/mol. The molecule has 0 saturated heterocycles. The first-order valence-electron chi connectivity index (χ1n) is 5.40. The number of benzene rings is 2. The number of nitrogens with two attached hydrogens (primary N) is 1. The highest BCUT2D eigenvalue weighted by molar-refractivity contribution is 5.92. The highest BCUT2D eigenvalue weighted by atomic mass is 16.3. The molecule has 0 bridgehead atoms. The summed E-state index contributed by atoms with van der Waals surface area (Å²) < 4.78 is 5.70. The summed E-state index contributed by atoms with van der Waals surface area (Å²) >= 11 is 0. The molecule has 86 valence electrons. The molecule has 1 aromatic rings. The second-order valence-corrected chi connectivity index (χ2v) is 4.06. The summed E-state index contributed by atoms with van der Waals surface area (Å²) in [6, 6.07) is 12.4. The zero-order valence-corrected chi connectivity index (χ0v) is 9.40. The molecule has 0 radical (unpaired) electrons. The minimum Gasteiger partial charge on any atom is -0.456 e. The van der Waals surface area contributed by atoms with Crippen LogP contribution in [0.25, 0.3) is 22.3 Å². The quantitative estimate of drug-likeness (QED) is 0.463. The molecule has 0 spiro atoms. The Morgan fingerprint density at radius 3 is 2.78 bits per heavy atom. The first kappa shape index (κ1) is 10.4. The van der Waals surface area contributed by atoms with Crippen molar-refractivity contribution in [1.29, 1.82) is 10.7 Å². The van der Waals surface area contributed by atoms with E-state index in [4.69, 9.17) is 15.6 Å². The molecule has 4 nitrogen and oxygen atoms in total. The molecule has 4 heteroatoms. The van der Waals surface area contributed by atoms with E-state index in [2.05, 4.69) is 6.07 Å². The Morgan fingerprint density at radius 1 is 1.17 bits per heavy atom. The third-order valence-electron chi connectivity index (χ3n) is 2.86. The van der Waals surface area contributed by atoms with Gasteiger partial charge in [0.05, 0.1) is 10.9 Å². The van der Waals surface area contributed by atoms with Gasteiger partial charge in [0.25, 0.3) is 0 Å². The predicted octanol–water partition coefficient (Wildman–Crippen LogP) is 2.47. The Balaban J connectivity index is 2.57. The number of hydrogen-bond donors (Lipinski definition) is 2. The van der Waals surface area contributed by atoms with Crippen molar-refractivity contribution in [2.75, 3.05) is 5.73 Å². The molecule has 0 unspecified atom stereocenters. The summed E-state index contributed by atoms with van der Waals surface area (Å²) in [6.07, 6.45) is 0. The molecule has 1 aliphatic heterocycles. The third-order valence-corrected chi connectivity index (χ3v) is 2.86. The molecule has 18 heavy (non-hydrogen) atoms. The summed E-state index contributed by atoms with van der Waals surface area (Å²) in [6.45, 7) is 0. The maximum absolute atomic E-state index is 9.30. The first-order chi connectivity index (χ1) is 8.69. The Morgan fingerprint density at radius 2 is 2.00 bits per heavy atom. The first-order valence-corrected chi connectivity index (χ1v) is 5.40. The molecule has 1 aromatic carbocycles. The molecule has 0 aromatic heterocycles. The Kier molecular flexibility index (Phi) is 2.07. The normalized spacial score (nSPS) is 10.6.